The molecule has 1 heterocycles. The summed E-state index contributed by atoms with van der Waals surface area (Å²) in [7, 11) is 0. The van der Waals surface area contributed by atoms with E-state index in [4.69, 9.17) is 12.2 Å². The quantitative estimate of drug-likeness (QED) is 0.482. The molecule has 0 radical (unpaired) electrons. The summed E-state index contributed by atoms with van der Waals surface area (Å²) in [6, 6.07) is 17.0. The number of hydrogen-bond acceptors (Lipinski definition) is 4. The first-order chi connectivity index (χ1) is 13.0. The summed E-state index contributed by atoms with van der Waals surface area (Å²) in [5.74, 6) is -0.173. The summed E-state index contributed by atoms with van der Waals surface area (Å²) in [6.07, 6.45) is 2.72. The van der Waals surface area contributed by atoms with E-state index >= 15 is 0 Å². The molecule has 3 rings (SSSR count). The number of amides is 2. The minimum absolute atomic E-state index is 0.0722. The minimum atomic E-state index is -0.101. The number of thiocarbonyl (C=S) groups is 1. The Balaban J connectivity index is 1.53. The third-order valence-corrected chi connectivity index (χ3v) is 5.79. The van der Waals surface area contributed by atoms with Gasteiger partial charge in [-0.05, 0) is 42.3 Å². The van der Waals surface area contributed by atoms with Gasteiger partial charge in [-0.2, -0.15) is 0 Å². The molecule has 0 bridgehead atoms. The average molecular weight is 461 g/mol. The van der Waals surface area contributed by atoms with Crippen molar-refractivity contribution in [2.24, 2.45) is 0 Å². The van der Waals surface area contributed by atoms with Crippen LogP contribution in [0.5, 0.6) is 0 Å². The molecule has 1 N–H and O–H groups in total. The van der Waals surface area contributed by atoms with Crippen molar-refractivity contribution in [2.75, 3.05) is 11.9 Å². The van der Waals surface area contributed by atoms with Crippen molar-refractivity contribution >= 4 is 67.8 Å². The number of nitrogens with one attached hydrogen (secondary N) is 1. The number of thioether (sulfide) groups is 1. The first-order valence-electron chi connectivity index (χ1n) is 8.39. The van der Waals surface area contributed by atoms with Crippen molar-refractivity contribution in [2.45, 2.75) is 12.8 Å². The largest absolute Gasteiger partial charge is 0.326 e. The van der Waals surface area contributed by atoms with Crippen LogP contribution in [0.1, 0.15) is 18.4 Å². The monoisotopic (exact) mass is 460 g/mol. The molecule has 4 nitrogen and oxygen atoms in total. The second kappa shape index (κ2) is 9.30. The van der Waals surface area contributed by atoms with Gasteiger partial charge < -0.3 is 5.32 Å². The highest BCUT2D eigenvalue weighted by molar-refractivity contribution is 9.10. The van der Waals surface area contributed by atoms with Gasteiger partial charge in [0.15, 0.2) is 0 Å². The van der Waals surface area contributed by atoms with Gasteiger partial charge in [-0.1, -0.05) is 70.2 Å². The van der Waals surface area contributed by atoms with Crippen molar-refractivity contribution in [1.82, 2.24) is 4.90 Å². The van der Waals surface area contributed by atoms with Crippen molar-refractivity contribution in [3.05, 3.63) is 69.5 Å². The molecule has 1 fully saturated rings. The number of benzene rings is 2. The Morgan fingerprint density at radius 1 is 1.15 bits per heavy atom. The van der Waals surface area contributed by atoms with E-state index in [1.54, 1.807) is 4.90 Å². The number of rotatable bonds is 6. The van der Waals surface area contributed by atoms with E-state index in [1.165, 1.54) is 11.8 Å². The first-order valence-corrected chi connectivity index (χ1v) is 10.4. The third-order valence-electron chi connectivity index (χ3n) is 3.88. The van der Waals surface area contributed by atoms with Crippen LogP contribution in [-0.4, -0.2) is 27.6 Å². The Hall–Kier alpha value is -1.96. The number of carbonyl (C=O) groups is 2. The summed E-state index contributed by atoms with van der Waals surface area (Å²) < 4.78 is 1.52. The third kappa shape index (κ3) is 5.51. The number of anilines is 1. The van der Waals surface area contributed by atoms with Crippen LogP contribution in [0.2, 0.25) is 0 Å². The first kappa shape index (κ1) is 19.8. The summed E-state index contributed by atoms with van der Waals surface area (Å²) in [5.41, 5.74) is 1.71. The van der Waals surface area contributed by atoms with Crippen molar-refractivity contribution < 1.29 is 9.59 Å². The van der Waals surface area contributed by atoms with Crippen LogP contribution in [0.4, 0.5) is 5.69 Å². The lowest BCUT2D eigenvalue weighted by atomic mass is 10.2. The number of nitrogens with zero attached hydrogens (tertiary/aromatic N) is 1. The molecule has 2 aromatic carbocycles. The van der Waals surface area contributed by atoms with Crippen LogP contribution in [0.3, 0.4) is 0 Å². The fraction of sp³-hybridized carbons (Fsp3) is 0.150. The molecule has 7 heteroatoms. The molecule has 1 saturated heterocycles. The SMILES string of the molecule is O=C(CCCN1C(=O)/C(=C/c2ccc(Br)cc2)SC1=S)Nc1ccccc1. The Bertz CT molecular complexity index is 883. The molecule has 2 aromatic rings. The van der Waals surface area contributed by atoms with Crippen LogP contribution in [0, 0.1) is 0 Å². The molecule has 0 atom stereocenters. The normalized spacial score (nSPS) is 15.4. The highest BCUT2D eigenvalue weighted by Crippen LogP contribution is 2.32. The van der Waals surface area contributed by atoms with Gasteiger partial charge in [0.1, 0.15) is 4.32 Å². The van der Waals surface area contributed by atoms with Gasteiger partial charge in [0.2, 0.25) is 5.91 Å². The van der Waals surface area contributed by atoms with E-state index in [-0.39, 0.29) is 11.8 Å². The predicted octanol–water partition coefficient (Wildman–Crippen LogP) is 5.07. The van der Waals surface area contributed by atoms with Crippen molar-refractivity contribution in [1.29, 1.82) is 0 Å². The molecule has 0 unspecified atom stereocenters. The van der Waals surface area contributed by atoms with Gasteiger partial charge in [-0.3, -0.25) is 14.5 Å². The lowest BCUT2D eigenvalue weighted by Gasteiger charge is -2.14. The summed E-state index contributed by atoms with van der Waals surface area (Å²) in [5, 5.41) is 2.84. The maximum Gasteiger partial charge on any atom is 0.266 e. The molecule has 0 spiro atoms. The fourth-order valence-corrected chi connectivity index (χ4v) is 4.12. The van der Waals surface area contributed by atoms with Crippen LogP contribution < -0.4 is 5.32 Å². The Kier molecular flexibility index (Phi) is 6.82. The minimum Gasteiger partial charge on any atom is -0.326 e. The number of hydrogen-bond donors (Lipinski definition) is 1. The molecule has 0 aliphatic carbocycles. The Morgan fingerprint density at radius 2 is 1.85 bits per heavy atom. The molecule has 2 amide bonds. The maximum atomic E-state index is 12.6. The molecule has 0 aromatic heterocycles. The molecular weight excluding hydrogens is 444 g/mol. The van der Waals surface area contributed by atoms with Crippen molar-refractivity contribution in [3.8, 4) is 0 Å². The van der Waals surface area contributed by atoms with Gasteiger partial charge in [0.05, 0.1) is 4.91 Å². The van der Waals surface area contributed by atoms with Gasteiger partial charge in [-0.15, -0.1) is 0 Å². The van der Waals surface area contributed by atoms with E-state index in [0.717, 1.165) is 15.7 Å². The van der Waals surface area contributed by atoms with Crippen LogP contribution in [-0.2, 0) is 9.59 Å². The zero-order valence-corrected chi connectivity index (χ0v) is 17.6. The van der Waals surface area contributed by atoms with E-state index < -0.39 is 0 Å². The Morgan fingerprint density at radius 3 is 2.56 bits per heavy atom. The Labute approximate surface area is 176 Å². The second-order valence-electron chi connectivity index (χ2n) is 5.90. The molecule has 27 heavy (non-hydrogen) atoms. The van der Waals surface area contributed by atoms with Crippen LogP contribution in [0.25, 0.3) is 6.08 Å². The molecule has 1 aliphatic rings. The molecule has 138 valence electrons. The molecule has 1 aliphatic heterocycles. The van der Waals surface area contributed by atoms with Crippen LogP contribution in [0.15, 0.2) is 64.0 Å². The van der Waals surface area contributed by atoms with Gasteiger partial charge in [-0.25, -0.2) is 0 Å². The number of carbonyl (C=O) groups excluding carboxylic acids is 2. The lowest BCUT2D eigenvalue weighted by molar-refractivity contribution is -0.122. The predicted molar refractivity (Wildman–Crippen MR) is 118 cm³/mol. The summed E-state index contributed by atoms with van der Waals surface area (Å²) in [4.78, 5) is 26.8. The van der Waals surface area contributed by atoms with Gasteiger partial charge in [0.25, 0.3) is 5.91 Å². The fourth-order valence-electron chi connectivity index (χ4n) is 2.55. The average Bonchev–Trinajstić information content (AvgIpc) is 2.92. The summed E-state index contributed by atoms with van der Waals surface area (Å²) >= 11 is 10.0. The van der Waals surface area contributed by atoms with E-state index in [9.17, 15) is 9.59 Å². The summed E-state index contributed by atoms with van der Waals surface area (Å²) in [6.45, 7) is 0.435. The number of para-hydroxylation sites is 1. The number of halogens is 1. The molecular formula is C20H17BrN2O2S2. The highest BCUT2D eigenvalue weighted by Gasteiger charge is 2.31. The van der Waals surface area contributed by atoms with Crippen molar-refractivity contribution in [3.63, 3.8) is 0 Å². The van der Waals surface area contributed by atoms with Crippen LogP contribution >= 0.6 is 39.9 Å². The topological polar surface area (TPSA) is 49.4 Å². The smallest absolute Gasteiger partial charge is 0.266 e. The zero-order chi connectivity index (χ0) is 19.2. The zero-order valence-electron chi connectivity index (χ0n) is 14.4. The lowest BCUT2D eigenvalue weighted by Crippen LogP contribution is -2.29. The van der Waals surface area contributed by atoms with E-state index in [2.05, 4.69) is 21.2 Å². The standard InChI is InChI=1S/C20H17BrN2O2S2/c21-15-10-8-14(9-11-15)13-17-19(25)23(20(26)27-17)12-4-7-18(24)22-16-5-2-1-3-6-16/h1-3,5-6,8-11,13H,4,7,12H2,(H,22,24)/b17-13-. The van der Waals surface area contributed by atoms with E-state index in [0.29, 0.717) is 28.6 Å². The van der Waals surface area contributed by atoms with E-state index in [1.807, 2.05) is 60.7 Å². The second-order valence-corrected chi connectivity index (χ2v) is 8.49. The van der Waals surface area contributed by atoms with Gasteiger partial charge >= 0.3 is 0 Å². The molecule has 0 saturated carbocycles. The highest BCUT2D eigenvalue weighted by atomic mass is 79.9. The maximum absolute atomic E-state index is 12.6. The van der Waals surface area contributed by atoms with Gasteiger partial charge in [0, 0.05) is 23.1 Å².